The number of rotatable bonds is 6. The van der Waals surface area contributed by atoms with Crippen LogP contribution in [-0.2, 0) is 20.7 Å². The monoisotopic (exact) mass is 348 g/mol. The summed E-state index contributed by atoms with van der Waals surface area (Å²) in [6.07, 6.45) is 1.01. The third-order valence-electron chi connectivity index (χ3n) is 4.00. The molecular formula is C17H20N2O4S. The molecule has 1 atom stereocenters. The number of hydrogen-bond donors (Lipinski definition) is 1. The van der Waals surface area contributed by atoms with Crippen molar-refractivity contribution in [2.24, 2.45) is 5.73 Å². The van der Waals surface area contributed by atoms with Crippen molar-refractivity contribution in [3.8, 4) is 10.6 Å². The zero-order valence-electron chi connectivity index (χ0n) is 13.3. The number of nitrogens with two attached hydrogens (primary N) is 1. The molecule has 7 heteroatoms. The standard InChI is InChI=1S/C17H20N2O4S/c18-16(20)10-12-11-22-8-7-19(12)17(21)6-4-13-3-5-14(23-13)15-2-1-9-24-15/h1-3,5,9,12H,4,6-8,10-11H2,(H2,18,20). The molecule has 0 aromatic carbocycles. The lowest BCUT2D eigenvalue weighted by Gasteiger charge is -2.35. The highest BCUT2D eigenvalue weighted by Gasteiger charge is 2.28. The van der Waals surface area contributed by atoms with Gasteiger partial charge in [0.15, 0.2) is 0 Å². The molecule has 0 spiro atoms. The molecule has 2 amide bonds. The van der Waals surface area contributed by atoms with Crippen LogP contribution in [0.3, 0.4) is 0 Å². The number of thiophene rings is 1. The van der Waals surface area contributed by atoms with Crippen molar-refractivity contribution < 1.29 is 18.7 Å². The van der Waals surface area contributed by atoms with E-state index in [1.54, 1.807) is 16.2 Å². The maximum absolute atomic E-state index is 12.5. The van der Waals surface area contributed by atoms with Crippen molar-refractivity contribution >= 4 is 23.2 Å². The van der Waals surface area contributed by atoms with Gasteiger partial charge in [-0.25, -0.2) is 0 Å². The first-order valence-electron chi connectivity index (χ1n) is 7.91. The van der Waals surface area contributed by atoms with Crippen molar-refractivity contribution in [2.75, 3.05) is 19.8 Å². The maximum Gasteiger partial charge on any atom is 0.223 e. The topological polar surface area (TPSA) is 85.8 Å². The molecule has 3 rings (SSSR count). The molecule has 0 radical (unpaired) electrons. The number of hydrogen-bond acceptors (Lipinski definition) is 5. The van der Waals surface area contributed by atoms with Gasteiger partial charge in [-0.2, -0.15) is 0 Å². The fourth-order valence-corrected chi connectivity index (χ4v) is 3.51. The molecule has 2 N–H and O–H groups in total. The van der Waals surface area contributed by atoms with Gasteiger partial charge in [-0.15, -0.1) is 11.3 Å². The molecular weight excluding hydrogens is 328 g/mol. The fourth-order valence-electron chi connectivity index (χ4n) is 2.82. The Hall–Kier alpha value is -2.12. The van der Waals surface area contributed by atoms with Crippen molar-refractivity contribution in [3.05, 3.63) is 35.4 Å². The van der Waals surface area contributed by atoms with E-state index >= 15 is 0 Å². The van der Waals surface area contributed by atoms with Gasteiger partial charge in [0.2, 0.25) is 11.8 Å². The molecule has 1 saturated heterocycles. The van der Waals surface area contributed by atoms with Crippen LogP contribution in [0, 0.1) is 0 Å². The van der Waals surface area contributed by atoms with E-state index in [9.17, 15) is 9.59 Å². The normalized spacial score (nSPS) is 17.8. The molecule has 3 heterocycles. The van der Waals surface area contributed by atoms with Crippen molar-refractivity contribution in [1.29, 1.82) is 0 Å². The number of carbonyl (C=O) groups is 2. The van der Waals surface area contributed by atoms with Gasteiger partial charge < -0.3 is 19.8 Å². The Morgan fingerprint density at radius 3 is 2.96 bits per heavy atom. The predicted octanol–water partition coefficient (Wildman–Crippen LogP) is 2.04. The Morgan fingerprint density at radius 1 is 1.33 bits per heavy atom. The summed E-state index contributed by atoms with van der Waals surface area (Å²) in [5.74, 6) is 1.19. The van der Waals surface area contributed by atoms with E-state index in [4.69, 9.17) is 14.9 Å². The smallest absolute Gasteiger partial charge is 0.223 e. The van der Waals surface area contributed by atoms with E-state index in [1.165, 1.54) is 0 Å². The molecule has 0 aliphatic carbocycles. The van der Waals surface area contributed by atoms with Crippen LogP contribution in [0.2, 0.25) is 0 Å². The number of nitrogens with zero attached hydrogens (tertiary/aromatic N) is 1. The number of aryl methyl sites for hydroxylation is 1. The average Bonchev–Trinajstić information content (AvgIpc) is 3.24. The quantitative estimate of drug-likeness (QED) is 0.866. The van der Waals surface area contributed by atoms with Crippen molar-refractivity contribution in [2.45, 2.75) is 25.3 Å². The van der Waals surface area contributed by atoms with E-state index in [1.807, 2.05) is 29.6 Å². The van der Waals surface area contributed by atoms with E-state index in [-0.39, 0.29) is 18.4 Å². The predicted molar refractivity (Wildman–Crippen MR) is 90.5 cm³/mol. The first kappa shape index (κ1) is 16.7. The van der Waals surface area contributed by atoms with Gasteiger partial charge in [0.05, 0.1) is 24.1 Å². The SMILES string of the molecule is NC(=O)CC1COCCN1C(=O)CCc1ccc(-c2cccs2)o1. The van der Waals surface area contributed by atoms with E-state index in [2.05, 4.69) is 0 Å². The Kier molecular flexibility index (Phi) is 5.32. The van der Waals surface area contributed by atoms with Crippen LogP contribution in [0.4, 0.5) is 0 Å². The summed E-state index contributed by atoms with van der Waals surface area (Å²) in [5.41, 5.74) is 5.25. The first-order chi connectivity index (χ1) is 11.6. The van der Waals surface area contributed by atoms with Crippen LogP contribution in [0.25, 0.3) is 10.6 Å². The summed E-state index contributed by atoms with van der Waals surface area (Å²) >= 11 is 1.62. The van der Waals surface area contributed by atoms with E-state index in [0.29, 0.717) is 32.6 Å². The molecule has 128 valence electrons. The lowest BCUT2D eigenvalue weighted by molar-refractivity contribution is -0.141. The second-order valence-electron chi connectivity index (χ2n) is 5.73. The van der Waals surface area contributed by atoms with Gasteiger partial charge in [-0.1, -0.05) is 6.07 Å². The van der Waals surface area contributed by atoms with Crippen LogP contribution >= 0.6 is 11.3 Å². The van der Waals surface area contributed by atoms with Crippen LogP contribution in [0.1, 0.15) is 18.6 Å². The number of ether oxygens (including phenoxy) is 1. The van der Waals surface area contributed by atoms with Crippen molar-refractivity contribution in [1.82, 2.24) is 4.90 Å². The summed E-state index contributed by atoms with van der Waals surface area (Å²) in [6, 6.07) is 7.55. The van der Waals surface area contributed by atoms with Crippen LogP contribution < -0.4 is 5.73 Å². The van der Waals surface area contributed by atoms with Gasteiger partial charge in [-0.3, -0.25) is 9.59 Å². The lowest BCUT2D eigenvalue weighted by Crippen LogP contribution is -2.50. The number of primary amides is 1. The van der Waals surface area contributed by atoms with Crippen LogP contribution in [-0.4, -0.2) is 42.5 Å². The Balaban J connectivity index is 1.57. The molecule has 1 aliphatic rings. The molecule has 6 nitrogen and oxygen atoms in total. The number of amides is 2. The highest BCUT2D eigenvalue weighted by atomic mass is 32.1. The lowest BCUT2D eigenvalue weighted by atomic mass is 10.1. The highest BCUT2D eigenvalue weighted by molar-refractivity contribution is 7.13. The minimum absolute atomic E-state index is 0.00127. The minimum atomic E-state index is -0.421. The molecule has 1 fully saturated rings. The molecule has 24 heavy (non-hydrogen) atoms. The van der Waals surface area contributed by atoms with Crippen LogP contribution in [0.5, 0.6) is 0 Å². The zero-order valence-corrected chi connectivity index (χ0v) is 14.1. The van der Waals surface area contributed by atoms with E-state index < -0.39 is 5.91 Å². The largest absolute Gasteiger partial charge is 0.460 e. The summed E-state index contributed by atoms with van der Waals surface area (Å²) in [6.45, 7) is 1.34. The van der Waals surface area contributed by atoms with Crippen molar-refractivity contribution in [3.63, 3.8) is 0 Å². The van der Waals surface area contributed by atoms with Gasteiger partial charge in [0.1, 0.15) is 11.5 Å². The first-order valence-corrected chi connectivity index (χ1v) is 8.79. The Morgan fingerprint density at radius 2 is 2.21 bits per heavy atom. The molecule has 2 aromatic heterocycles. The second kappa shape index (κ2) is 7.63. The van der Waals surface area contributed by atoms with Gasteiger partial charge >= 0.3 is 0 Å². The number of carbonyl (C=O) groups excluding carboxylic acids is 2. The number of morpholine rings is 1. The van der Waals surface area contributed by atoms with E-state index in [0.717, 1.165) is 16.4 Å². The average molecular weight is 348 g/mol. The summed E-state index contributed by atoms with van der Waals surface area (Å²) in [4.78, 5) is 26.4. The summed E-state index contributed by atoms with van der Waals surface area (Å²) in [7, 11) is 0. The fraction of sp³-hybridized carbons (Fsp3) is 0.412. The zero-order chi connectivity index (χ0) is 16.9. The Labute approximate surface area is 144 Å². The summed E-state index contributed by atoms with van der Waals surface area (Å²) < 4.78 is 11.1. The summed E-state index contributed by atoms with van der Waals surface area (Å²) in [5, 5.41) is 2.00. The molecule has 0 saturated carbocycles. The van der Waals surface area contributed by atoms with Gasteiger partial charge in [0.25, 0.3) is 0 Å². The second-order valence-corrected chi connectivity index (χ2v) is 6.68. The van der Waals surface area contributed by atoms with Gasteiger partial charge in [-0.05, 0) is 23.6 Å². The highest BCUT2D eigenvalue weighted by Crippen LogP contribution is 2.27. The molecule has 1 aliphatic heterocycles. The Bertz CT molecular complexity index is 695. The third kappa shape index (κ3) is 4.04. The maximum atomic E-state index is 12.5. The minimum Gasteiger partial charge on any atom is -0.460 e. The third-order valence-corrected chi connectivity index (χ3v) is 4.88. The van der Waals surface area contributed by atoms with Crippen LogP contribution in [0.15, 0.2) is 34.1 Å². The molecule has 1 unspecified atom stereocenters. The molecule has 2 aromatic rings. The number of furan rings is 1. The van der Waals surface area contributed by atoms with Gasteiger partial charge in [0, 0.05) is 25.8 Å². The molecule has 0 bridgehead atoms.